The van der Waals surface area contributed by atoms with Gasteiger partial charge in [0.25, 0.3) is 0 Å². The first-order chi connectivity index (χ1) is 14.9. The van der Waals surface area contributed by atoms with E-state index in [0.717, 1.165) is 31.2 Å². The standard InChI is InChI=1S/C30H46O2/c1-19(2)23-17-24-22(15-21-9-13-30(32,14-10-21)20(3)4)16-27-28(5,6)11-8-12-29(27,7)25(24)18-26(23)31/h9,17-20,22,27,31-32H,8,10-16H2,1-7H3/t22-,27+,29-,30-/m1/s1. The number of rotatable bonds is 4. The Morgan fingerprint density at radius 3 is 2.34 bits per heavy atom. The molecule has 2 nitrogen and oxygen atoms in total. The molecule has 32 heavy (non-hydrogen) atoms. The molecule has 0 unspecified atom stereocenters. The van der Waals surface area contributed by atoms with Gasteiger partial charge in [0, 0.05) is 0 Å². The number of allylic oxidation sites excluding steroid dienone is 1. The fourth-order valence-electron chi connectivity index (χ4n) is 7.47. The van der Waals surface area contributed by atoms with Gasteiger partial charge < -0.3 is 10.2 Å². The van der Waals surface area contributed by atoms with E-state index in [0.29, 0.717) is 34.8 Å². The Kier molecular flexibility index (Phi) is 6.11. The second-order valence-corrected chi connectivity index (χ2v) is 12.9. The zero-order valence-electron chi connectivity index (χ0n) is 21.6. The summed E-state index contributed by atoms with van der Waals surface area (Å²) in [5.74, 6) is 2.26. The number of hydrogen-bond acceptors (Lipinski definition) is 2. The van der Waals surface area contributed by atoms with Crippen molar-refractivity contribution in [2.45, 2.75) is 123 Å². The molecule has 3 aliphatic rings. The molecule has 1 aromatic rings. The molecule has 1 aromatic carbocycles. The maximum Gasteiger partial charge on any atom is 0.119 e. The van der Waals surface area contributed by atoms with E-state index in [1.165, 1.54) is 42.4 Å². The highest BCUT2D eigenvalue weighted by molar-refractivity contribution is 5.50. The molecule has 0 bridgehead atoms. The van der Waals surface area contributed by atoms with E-state index >= 15 is 0 Å². The smallest absolute Gasteiger partial charge is 0.119 e. The number of aliphatic hydroxyl groups is 1. The Bertz CT molecular complexity index is 892. The topological polar surface area (TPSA) is 40.5 Å². The Morgan fingerprint density at radius 2 is 1.75 bits per heavy atom. The first-order valence-corrected chi connectivity index (χ1v) is 13.1. The van der Waals surface area contributed by atoms with E-state index < -0.39 is 5.60 Å². The normalized spacial score (nSPS) is 34.2. The summed E-state index contributed by atoms with van der Waals surface area (Å²) in [5, 5.41) is 21.9. The quantitative estimate of drug-likeness (QED) is 0.468. The van der Waals surface area contributed by atoms with Crippen molar-refractivity contribution < 1.29 is 10.2 Å². The van der Waals surface area contributed by atoms with Crippen LogP contribution in [-0.2, 0) is 5.41 Å². The predicted molar refractivity (Wildman–Crippen MR) is 134 cm³/mol. The van der Waals surface area contributed by atoms with Gasteiger partial charge in [-0.15, -0.1) is 0 Å². The van der Waals surface area contributed by atoms with Crippen molar-refractivity contribution in [3.63, 3.8) is 0 Å². The summed E-state index contributed by atoms with van der Waals surface area (Å²) in [6.07, 6.45) is 11.2. The molecule has 0 aliphatic heterocycles. The number of aromatic hydroxyl groups is 1. The fraction of sp³-hybridized carbons (Fsp3) is 0.733. The summed E-state index contributed by atoms with van der Waals surface area (Å²) in [6, 6.07) is 4.51. The Labute approximate surface area is 196 Å². The predicted octanol–water partition coefficient (Wildman–Crippen LogP) is 7.97. The molecular formula is C30H46O2. The van der Waals surface area contributed by atoms with Crippen LogP contribution in [0.15, 0.2) is 23.8 Å². The van der Waals surface area contributed by atoms with E-state index in [4.69, 9.17) is 0 Å². The molecule has 0 radical (unpaired) electrons. The summed E-state index contributed by atoms with van der Waals surface area (Å²) < 4.78 is 0. The van der Waals surface area contributed by atoms with Crippen molar-refractivity contribution in [3.8, 4) is 5.75 Å². The molecule has 0 heterocycles. The van der Waals surface area contributed by atoms with E-state index in [9.17, 15) is 10.2 Å². The SMILES string of the molecule is CC(C)c1cc2c(cc1O)[C@@]1(C)CCCC(C)(C)[C@@H]1C[C@H]2CC1=CC[C@](O)(C(C)C)CC1. The molecule has 0 spiro atoms. The minimum Gasteiger partial charge on any atom is -0.508 e. The van der Waals surface area contributed by atoms with Crippen LogP contribution in [-0.4, -0.2) is 15.8 Å². The highest BCUT2D eigenvalue weighted by atomic mass is 16.3. The molecule has 4 atom stereocenters. The number of benzene rings is 1. The van der Waals surface area contributed by atoms with Crippen molar-refractivity contribution in [3.05, 3.63) is 40.5 Å². The number of phenols is 1. The maximum absolute atomic E-state index is 10.9. The first kappa shape index (κ1) is 23.9. The molecule has 0 aromatic heterocycles. The van der Waals surface area contributed by atoms with Gasteiger partial charge in [0.1, 0.15) is 5.75 Å². The maximum atomic E-state index is 10.9. The lowest BCUT2D eigenvalue weighted by atomic mass is 9.48. The molecular weight excluding hydrogens is 392 g/mol. The van der Waals surface area contributed by atoms with Crippen LogP contribution in [0.25, 0.3) is 0 Å². The van der Waals surface area contributed by atoms with Crippen molar-refractivity contribution in [1.29, 1.82) is 0 Å². The number of hydrogen-bond donors (Lipinski definition) is 2. The third kappa shape index (κ3) is 3.95. The summed E-state index contributed by atoms with van der Waals surface area (Å²) in [4.78, 5) is 0. The van der Waals surface area contributed by atoms with Crippen molar-refractivity contribution in [1.82, 2.24) is 0 Å². The Balaban J connectivity index is 1.74. The minimum atomic E-state index is -0.533. The average molecular weight is 439 g/mol. The molecule has 3 aliphatic carbocycles. The van der Waals surface area contributed by atoms with Crippen LogP contribution in [0.5, 0.6) is 5.75 Å². The molecule has 2 heteroatoms. The molecule has 1 fully saturated rings. The monoisotopic (exact) mass is 438 g/mol. The van der Waals surface area contributed by atoms with Gasteiger partial charge >= 0.3 is 0 Å². The lowest BCUT2D eigenvalue weighted by molar-refractivity contribution is -0.0147. The van der Waals surface area contributed by atoms with Crippen LogP contribution >= 0.6 is 0 Å². The van der Waals surface area contributed by atoms with Crippen molar-refractivity contribution >= 4 is 0 Å². The molecule has 1 saturated carbocycles. The zero-order valence-corrected chi connectivity index (χ0v) is 21.6. The van der Waals surface area contributed by atoms with Crippen molar-refractivity contribution in [2.75, 3.05) is 0 Å². The minimum absolute atomic E-state index is 0.152. The van der Waals surface area contributed by atoms with Gasteiger partial charge in [0.15, 0.2) is 0 Å². The Hall–Kier alpha value is -1.28. The summed E-state index contributed by atoms with van der Waals surface area (Å²) in [6.45, 7) is 16.1. The van der Waals surface area contributed by atoms with Gasteiger partial charge in [-0.2, -0.15) is 0 Å². The second-order valence-electron chi connectivity index (χ2n) is 12.9. The van der Waals surface area contributed by atoms with E-state index in [-0.39, 0.29) is 5.41 Å². The molecule has 178 valence electrons. The largest absolute Gasteiger partial charge is 0.508 e. The highest BCUT2D eigenvalue weighted by Gasteiger charge is 2.52. The number of fused-ring (bicyclic) bond motifs is 3. The summed E-state index contributed by atoms with van der Waals surface area (Å²) >= 11 is 0. The molecule has 0 saturated heterocycles. The van der Waals surface area contributed by atoms with Crippen LogP contribution < -0.4 is 0 Å². The van der Waals surface area contributed by atoms with Crippen molar-refractivity contribution in [2.24, 2.45) is 17.3 Å². The third-order valence-corrected chi connectivity index (χ3v) is 9.83. The van der Waals surface area contributed by atoms with Crippen LogP contribution in [0.1, 0.15) is 128 Å². The van der Waals surface area contributed by atoms with Gasteiger partial charge in [-0.1, -0.05) is 72.6 Å². The number of phenolic OH excluding ortho intramolecular Hbond substituents is 1. The summed E-state index contributed by atoms with van der Waals surface area (Å²) in [7, 11) is 0. The second kappa shape index (κ2) is 8.19. The van der Waals surface area contributed by atoms with Gasteiger partial charge in [-0.25, -0.2) is 0 Å². The highest BCUT2D eigenvalue weighted by Crippen LogP contribution is 2.61. The van der Waals surface area contributed by atoms with E-state index in [1.807, 2.05) is 0 Å². The van der Waals surface area contributed by atoms with Gasteiger partial charge in [0.2, 0.25) is 0 Å². The van der Waals surface area contributed by atoms with Gasteiger partial charge in [0.05, 0.1) is 5.60 Å². The average Bonchev–Trinajstić information content (AvgIpc) is 2.70. The third-order valence-electron chi connectivity index (χ3n) is 9.83. The zero-order chi connectivity index (χ0) is 23.5. The van der Waals surface area contributed by atoms with Crippen LogP contribution in [0.2, 0.25) is 0 Å². The van der Waals surface area contributed by atoms with Gasteiger partial charge in [-0.05, 0) is 102 Å². The lowest BCUT2D eigenvalue weighted by Crippen LogP contribution is -2.48. The van der Waals surface area contributed by atoms with E-state index in [1.54, 1.807) is 0 Å². The summed E-state index contributed by atoms with van der Waals surface area (Å²) in [5.41, 5.74) is 5.49. The lowest BCUT2D eigenvalue weighted by Gasteiger charge is -2.56. The molecule has 4 rings (SSSR count). The van der Waals surface area contributed by atoms with Crippen LogP contribution in [0.4, 0.5) is 0 Å². The molecule has 0 amide bonds. The van der Waals surface area contributed by atoms with E-state index in [2.05, 4.69) is 66.7 Å². The first-order valence-electron chi connectivity index (χ1n) is 13.1. The van der Waals surface area contributed by atoms with Crippen LogP contribution in [0, 0.1) is 17.3 Å². The Morgan fingerprint density at radius 1 is 1.03 bits per heavy atom. The fourth-order valence-corrected chi connectivity index (χ4v) is 7.47. The molecule has 2 N–H and O–H groups in total. The van der Waals surface area contributed by atoms with Crippen LogP contribution in [0.3, 0.4) is 0 Å². The van der Waals surface area contributed by atoms with Gasteiger partial charge in [-0.3, -0.25) is 0 Å².